The highest BCUT2D eigenvalue weighted by Gasteiger charge is 2.27. The number of hydrogen-bond acceptors (Lipinski definition) is 4. The molecule has 0 unspecified atom stereocenters. The molecule has 1 aromatic carbocycles. The van der Waals surface area contributed by atoms with Crippen molar-refractivity contribution in [1.29, 1.82) is 0 Å². The van der Waals surface area contributed by atoms with Crippen molar-refractivity contribution in [2.75, 3.05) is 39.3 Å². The molecule has 0 amide bonds. The molecule has 0 aliphatic carbocycles. The van der Waals surface area contributed by atoms with Gasteiger partial charge in [0.2, 0.25) is 0 Å². The van der Waals surface area contributed by atoms with Crippen LogP contribution in [0.15, 0.2) is 18.2 Å². The van der Waals surface area contributed by atoms with Crippen LogP contribution in [0, 0.1) is 0 Å². The first-order valence-corrected chi connectivity index (χ1v) is 6.06. The Labute approximate surface area is 115 Å². The fourth-order valence-electron chi connectivity index (χ4n) is 1.53. The number of alkyl halides is 3. The molecule has 7 heteroatoms. The van der Waals surface area contributed by atoms with Crippen LogP contribution in [-0.2, 0) is 4.74 Å². The van der Waals surface area contributed by atoms with Gasteiger partial charge in [0.05, 0.1) is 19.9 Å². The zero-order valence-corrected chi connectivity index (χ0v) is 11.4. The predicted octanol–water partition coefficient (Wildman–Crippen LogP) is 3.08. The first-order chi connectivity index (χ1) is 9.46. The van der Waals surface area contributed by atoms with Crippen molar-refractivity contribution in [3.05, 3.63) is 18.2 Å². The monoisotopic (exact) mass is 293 g/mol. The van der Waals surface area contributed by atoms with Crippen molar-refractivity contribution in [2.45, 2.75) is 12.6 Å². The van der Waals surface area contributed by atoms with Gasteiger partial charge in [-0.15, -0.1) is 0 Å². The molecule has 1 N–H and O–H groups in total. The van der Waals surface area contributed by atoms with E-state index in [1.807, 2.05) is 0 Å². The van der Waals surface area contributed by atoms with Crippen LogP contribution in [0.5, 0.6) is 11.5 Å². The van der Waals surface area contributed by atoms with E-state index in [2.05, 4.69) is 10.1 Å². The molecule has 0 aliphatic rings. The normalized spacial score (nSPS) is 11.2. The first-order valence-electron chi connectivity index (χ1n) is 6.06. The summed E-state index contributed by atoms with van der Waals surface area (Å²) in [6.07, 6.45) is -3.81. The zero-order valence-electron chi connectivity index (χ0n) is 11.4. The minimum Gasteiger partial charge on any atom is -0.497 e. The van der Waals surface area contributed by atoms with Crippen molar-refractivity contribution >= 4 is 5.69 Å². The van der Waals surface area contributed by atoms with Gasteiger partial charge in [0.1, 0.15) is 18.1 Å². The molecule has 0 aromatic heterocycles. The SMILES string of the molecule is COc1ccc(NCCCOCC(F)(F)F)c(OC)c1. The van der Waals surface area contributed by atoms with E-state index in [0.29, 0.717) is 24.5 Å². The van der Waals surface area contributed by atoms with Crippen LogP contribution in [0.1, 0.15) is 6.42 Å². The number of rotatable bonds is 8. The molecule has 1 aromatic rings. The van der Waals surface area contributed by atoms with Gasteiger partial charge in [0.15, 0.2) is 0 Å². The van der Waals surface area contributed by atoms with E-state index < -0.39 is 12.8 Å². The van der Waals surface area contributed by atoms with Crippen LogP contribution in [-0.4, -0.2) is 40.2 Å². The third-order valence-corrected chi connectivity index (χ3v) is 2.46. The topological polar surface area (TPSA) is 39.7 Å². The molecule has 0 saturated heterocycles. The minimum atomic E-state index is -4.27. The van der Waals surface area contributed by atoms with Gasteiger partial charge in [-0.1, -0.05) is 0 Å². The van der Waals surface area contributed by atoms with Gasteiger partial charge in [-0.05, 0) is 18.6 Å². The third-order valence-electron chi connectivity index (χ3n) is 2.46. The van der Waals surface area contributed by atoms with Crippen molar-refractivity contribution in [2.24, 2.45) is 0 Å². The summed E-state index contributed by atoms with van der Waals surface area (Å²) in [4.78, 5) is 0. The molecule has 0 radical (unpaired) electrons. The highest BCUT2D eigenvalue weighted by Crippen LogP contribution is 2.28. The summed E-state index contributed by atoms with van der Waals surface area (Å²) in [5.41, 5.74) is 0.754. The Balaban J connectivity index is 2.31. The number of nitrogens with one attached hydrogen (secondary N) is 1. The third kappa shape index (κ3) is 6.01. The number of benzene rings is 1. The molecule has 0 bridgehead atoms. The predicted molar refractivity (Wildman–Crippen MR) is 69.5 cm³/mol. The van der Waals surface area contributed by atoms with Crippen LogP contribution in [0.3, 0.4) is 0 Å². The largest absolute Gasteiger partial charge is 0.497 e. The lowest BCUT2D eigenvalue weighted by Gasteiger charge is -2.12. The summed E-state index contributed by atoms with van der Waals surface area (Å²) < 4.78 is 50.3. The van der Waals surface area contributed by atoms with E-state index >= 15 is 0 Å². The summed E-state index contributed by atoms with van der Waals surface area (Å²) in [6, 6.07) is 5.28. The van der Waals surface area contributed by atoms with Crippen LogP contribution >= 0.6 is 0 Å². The van der Waals surface area contributed by atoms with Gasteiger partial charge in [0, 0.05) is 19.2 Å². The average molecular weight is 293 g/mol. The second-order valence-corrected chi connectivity index (χ2v) is 4.01. The average Bonchev–Trinajstić information content (AvgIpc) is 2.41. The maximum Gasteiger partial charge on any atom is 0.411 e. The van der Waals surface area contributed by atoms with Gasteiger partial charge >= 0.3 is 6.18 Å². The van der Waals surface area contributed by atoms with Crippen LogP contribution in [0.4, 0.5) is 18.9 Å². The first kappa shape index (κ1) is 16.4. The second kappa shape index (κ2) is 7.84. The molecule has 0 spiro atoms. The maximum absolute atomic E-state index is 11.8. The van der Waals surface area contributed by atoms with E-state index in [1.54, 1.807) is 25.3 Å². The van der Waals surface area contributed by atoms with Gasteiger partial charge < -0.3 is 19.5 Å². The van der Waals surface area contributed by atoms with Gasteiger partial charge in [0.25, 0.3) is 0 Å². The summed E-state index contributed by atoms with van der Waals surface area (Å²) >= 11 is 0. The fourth-order valence-corrected chi connectivity index (χ4v) is 1.53. The Kier molecular flexibility index (Phi) is 6.44. The summed E-state index contributed by atoms with van der Waals surface area (Å²) in [5.74, 6) is 1.28. The summed E-state index contributed by atoms with van der Waals surface area (Å²) in [7, 11) is 3.09. The number of hydrogen-bond donors (Lipinski definition) is 1. The van der Waals surface area contributed by atoms with Crippen molar-refractivity contribution < 1.29 is 27.4 Å². The lowest BCUT2D eigenvalue weighted by Crippen LogP contribution is -2.18. The smallest absolute Gasteiger partial charge is 0.411 e. The van der Waals surface area contributed by atoms with Crippen LogP contribution in [0.2, 0.25) is 0 Å². The fraction of sp³-hybridized carbons (Fsp3) is 0.538. The highest BCUT2D eigenvalue weighted by atomic mass is 19.4. The lowest BCUT2D eigenvalue weighted by molar-refractivity contribution is -0.173. The molecule has 0 atom stereocenters. The molecule has 114 valence electrons. The Morgan fingerprint density at radius 3 is 2.50 bits per heavy atom. The summed E-state index contributed by atoms with van der Waals surface area (Å²) in [5, 5.41) is 3.07. The van der Waals surface area contributed by atoms with Crippen LogP contribution in [0.25, 0.3) is 0 Å². The molecule has 1 rings (SSSR count). The lowest BCUT2D eigenvalue weighted by atomic mass is 10.2. The van der Waals surface area contributed by atoms with Gasteiger partial charge in [-0.3, -0.25) is 0 Å². The molecule has 0 fully saturated rings. The van der Waals surface area contributed by atoms with E-state index in [-0.39, 0.29) is 6.61 Å². The van der Waals surface area contributed by atoms with E-state index in [4.69, 9.17) is 9.47 Å². The molecule has 4 nitrogen and oxygen atoms in total. The van der Waals surface area contributed by atoms with Crippen molar-refractivity contribution in [3.8, 4) is 11.5 Å². The highest BCUT2D eigenvalue weighted by molar-refractivity contribution is 5.59. The molecule has 0 aliphatic heterocycles. The number of methoxy groups -OCH3 is 2. The van der Waals surface area contributed by atoms with Crippen molar-refractivity contribution in [3.63, 3.8) is 0 Å². The summed E-state index contributed by atoms with van der Waals surface area (Å²) in [6.45, 7) is -0.676. The number of anilines is 1. The second-order valence-electron chi connectivity index (χ2n) is 4.01. The number of ether oxygens (including phenoxy) is 3. The Morgan fingerprint density at radius 1 is 1.15 bits per heavy atom. The molecular weight excluding hydrogens is 275 g/mol. The number of halogens is 3. The molecule has 0 heterocycles. The maximum atomic E-state index is 11.8. The Morgan fingerprint density at radius 2 is 1.90 bits per heavy atom. The molecular formula is C13H18F3NO3. The van der Waals surface area contributed by atoms with Gasteiger partial charge in [-0.25, -0.2) is 0 Å². The van der Waals surface area contributed by atoms with E-state index in [0.717, 1.165) is 5.69 Å². The quantitative estimate of drug-likeness (QED) is 0.748. The van der Waals surface area contributed by atoms with E-state index in [1.165, 1.54) is 7.11 Å². The van der Waals surface area contributed by atoms with Gasteiger partial charge in [-0.2, -0.15) is 13.2 Å². The zero-order chi connectivity index (χ0) is 15.0. The molecule has 20 heavy (non-hydrogen) atoms. The Hall–Kier alpha value is -1.63. The Bertz CT molecular complexity index is 410. The minimum absolute atomic E-state index is 0.0466. The standard InChI is InChI=1S/C13H18F3NO3/c1-18-10-4-5-11(12(8-10)19-2)17-6-3-7-20-9-13(14,15)16/h4-5,8,17H,3,6-7,9H2,1-2H3. The van der Waals surface area contributed by atoms with Crippen LogP contribution < -0.4 is 14.8 Å². The molecule has 0 saturated carbocycles. The van der Waals surface area contributed by atoms with Crippen molar-refractivity contribution in [1.82, 2.24) is 0 Å². The van der Waals surface area contributed by atoms with E-state index in [9.17, 15) is 13.2 Å².